The Bertz CT molecular complexity index is 696. The molecule has 0 heterocycles. The van der Waals surface area contributed by atoms with Crippen LogP contribution in [0.15, 0.2) is 47.4 Å². The normalized spacial score (nSPS) is 11.5. The van der Waals surface area contributed by atoms with Crippen molar-refractivity contribution >= 4 is 19.7 Å². The molecule has 18 heavy (non-hydrogen) atoms. The molecule has 0 atom stereocenters. The average molecular weight is 285 g/mol. The first kappa shape index (κ1) is 13.1. The van der Waals surface area contributed by atoms with Gasteiger partial charge in [-0.2, -0.15) is 0 Å². The van der Waals surface area contributed by atoms with Gasteiger partial charge in [-0.1, -0.05) is 24.3 Å². The molecule has 2 rings (SSSR count). The van der Waals surface area contributed by atoms with Crippen LogP contribution in [0.5, 0.6) is 0 Å². The van der Waals surface area contributed by atoms with Crippen LogP contribution in [0.2, 0.25) is 0 Å². The Balaban J connectivity index is 2.69. The van der Waals surface area contributed by atoms with E-state index >= 15 is 0 Å². The highest BCUT2D eigenvalue weighted by atomic mass is 35.7. The smallest absolute Gasteiger partial charge is 0.207 e. The average Bonchev–Trinajstić information content (AvgIpc) is 2.29. The highest BCUT2D eigenvalue weighted by Crippen LogP contribution is 2.29. The minimum atomic E-state index is -3.86. The molecule has 0 fully saturated rings. The second kappa shape index (κ2) is 4.71. The molecule has 94 valence electrons. The van der Waals surface area contributed by atoms with Gasteiger partial charge in [-0.15, -0.1) is 0 Å². The van der Waals surface area contributed by atoms with E-state index in [9.17, 15) is 12.8 Å². The number of hydrogen-bond acceptors (Lipinski definition) is 2. The Morgan fingerprint density at radius 1 is 1.06 bits per heavy atom. The van der Waals surface area contributed by atoms with Crippen molar-refractivity contribution in [1.82, 2.24) is 0 Å². The SMILES string of the molecule is Cc1ccccc1-c1cc(S(=O)(=O)Cl)ccc1F. The molecule has 2 aromatic rings. The Hall–Kier alpha value is -1.39. The minimum absolute atomic E-state index is 0.108. The molecule has 0 N–H and O–H groups in total. The zero-order chi connectivity index (χ0) is 13.3. The highest BCUT2D eigenvalue weighted by molar-refractivity contribution is 8.13. The summed E-state index contributed by atoms with van der Waals surface area (Å²) in [6.45, 7) is 1.83. The molecule has 5 heteroatoms. The van der Waals surface area contributed by atoms with E-state index in [0.29, 0.717) is 5.56 Å². The van der Waals surface area contributed by atoms with E-state index in [1.165, 1.54) is 6.07 Å². The van der Waals surface area contributed by atoms with Gasteiger partial charge in [0.05, 0.1) is 4.90 Å². The van der Waals surface area contributed by atoms with Crippen molar-refractivity contribution in [2.75, 3.05) is 0 Å². The summed E-state index contributed by atoms with van der Waals surface area (Å²) in [5.41, 5.74) is 1.74. The molecule has 0 saturated carbocycles. The van der Waals surface area contributed by atoms with Gasteiger partial charge in [0.15, 0.2) is 0 Å². The summed E-state index contributed by atoms with van der Waals surface area (Å²) < 4.78 is 36.3. The van der Waals surface area contributed by atoms with E-state index in [1.54, 1.807) is 12.1 Å². The largest absolute Gasteiger partial charge is 0.261 e. The van der Waals surface area contributed by atoms with Gasteiger partial charge in [0.1, 0.15) is 5.82 Å². The lowest BCUT2D eigenvalue weighted by atomic mass is 10.0. The van der Waals surface area contributed by atoms with Crippen LogP contribution < -0.4 is 0 Å². The predicted molar refractivity (Wildman–Crippen MR) is 69.6 cm³/mol. The van der Waals surface area contributed by atoms with Gasteiger partial charge in [0.2, 0.25) is 0 Å². The van der Waals surface area contributed by atoms with Crippen LogP contribution in [0.25, 0.3) is 11.1 Å². The van der Waals surface area contributed by atoms with Crippen molar-refractivity contribution in [1.29, 1.82) is 0 Å². The maximum absolute atomic E-state index is 13.8. The summed E-state index contributed by atoms with van der Waals surface area (Å²) in [5.74, 6) is -0.478. The maximum Gasteiger partial charge on any atom is 0.261 e. The van der Waals surface area contributed by atoms with E-state index in [0.717, 1.165) is 17.7 Å². The monoisotopic (exact) mass is 284 g/mol. The second-order valence-electron chi connectivity index (χ2n) is 3.89. The highest BCUT2D eigenvalue weighted by Gasteiger charge is 2.14. The lowest BCUT2D eigenvalue weighted by molar-refractivity contribution is 0.608. The molecule has 0 bridgehead atoms. The summed E-state index contributed by atoms with van der Waals surface area (Å²) in [5, 5.41) is 0. The Morgan fingerprint density at radius 2 is 1.72 bits per heavy atom. The predicted octanol–water partition coefficient (Wildman–Crippen LogP) is 3.73. The molecule has 2 aromatic carbocycles. The second-order valence-corrected chi connectivity index (χ2v) is 6.46. The van der Waals surface area contributed by atoms with Gasteiger partial charge in [0, 0.05) is 16.2 Å². The molecular formula is C13H10ClFO2S. The van der Waals surface area contributed by atoms with E-state index < -0.39 is 14.9 Å². The lowest BCUT2D eigenvalue weighted by Crippen LogP contribution is -1.94. The van der Waals surface area contributed by atoms with Crippen molar-refractivity contribution in [3.63, 3.8) is 0 Å². The van der Waals surface area contributed by atoms with Crippen LogP contribution in [0.3, 0.4) is 0 Å². The van der Waals surface area contributed by atoms with Crippen molar-refractivity contribution in [2.24, 2.45) is 0 Å². The van der Waals surface area contributed by atoms with Crippen molar-refractivity contribution in [3.8, 4) is 11.1 Å². The Kier molecular flexibility index (Phi) is 3.41. The molecule has 0 aliphatic heterocycles. The Morgan fingerprint density at radius 3 is 2.33 bits per heavy atom. The molecule has 0 saturated heterocycles. The van der Waals surface area contributed by atoms with Gasteiger partial charge in [-0.25, -0.2) is 12.8 Å². The molecule has 0 aromatic heterocycles. The van der Waals surface area contributed by atoms with Crippen LogP contribution in [0, 0.1) is 12.7 Å². The summed E-state index contributed by atoms with van der Waals surface area (Å²) >= 11 is 0. The number of rotatable bonds is 2. The van der Waals surface area contributed by atoms with Gasteiger partial charge >= 0.3 is 0 Å². The molecular weight excluding hydrogens is 275 g/mol. The van der Waals surface area contributed by atoms with Crippen LogP contribution >= 0.6 is 10.7 Å². The first-order chi connectivity index (χ1) is 8.39. The molecule has 0 aliphatic carbocycles. The molecule has 0 radical (unpaired) electrons. The van der Waals surface area contributed by atoms with Crippen molar-refractivity contribution in [3.05, 3.63) is 53.8 Å². The lowest BCUT2D eigenvalue weighted by Gasteiger charge is -2.08. The van der Waals surface area contributed by atoms with Crippen molar-refractivity contribution < 1.29 is 12.8 Å². The maximum atomic E-state index is 13.8. The fourth-order valence-electron chi connectivity index (χ4n) is 1.74. The van der Waals surface area contributed by atoms with Gasteiger partial charge in [-0.3, -0.25) is 0 Å². The number of aryl methyl sites for hydroxylation is 1. The quantitative estimate of drug-likeness (QED) is 0.788. The summed E-state index contributed by atoms with van der Waals surface area (Å²) in [6, 6.07) is 10.7. The van der Waals surface area contributed by atoms with E-state index in [4.69, 9.17) is 10.7 Å². The fourth-order valence-corrected chi connectivity index (χ4v) is 2.51. The first-order valence-electron chi connectivity index (χ1n) is 5.20. The van der Waals surface area contributed by atoms with Crippen LogP contribution in [0.4, 0.5) is 4.39 Å². The van der Waals surface area contributed by atoms with Crippen molar-refractivity contribution in [2.45, 2.75) is 11.8 Å². The van der Waals surface area contributed by atoms with E-state index in [2.05, 4.69) is 0 Å². The third-order valence-corrected chi connectivity index (χ3v) is 4.01. The molecule has 0 spiro atoms. The summed E-state index contributed by atoms with van der Waals surface area (Å²) in [4.78, 5) is -0.108. The van der Waals surface area contributed by atoms with Gasteiger partial charge < -0.3 is 0 Å². The molecule has 0 aliphatic rings. The van der Waals surface area contributed by atoms with Gasteiger partial charge in [-0.05, 0) is 36.2 Å². The Labute approximate surface area is 109 Å². The topological polar surface area (TPSA) is 34.1 Å². The minimum Gasteiger partial charge on any atom is -0.207 e. The van der Waals surface area contributed by atoms with Gasteiger partial charge in [0.25, 0.3) is 9.05 Å². The molecule has 0 amide bonds. The molecule has 0 unspecified atom stereocenters. The summed E-state index contributed by atoms with van der Waals surface area (Å²) in [6.07, 6.45) is 0. The standard InChI is InChI=1S/C13H10ClFO2S/c1-9-4-2-3-5-11(9)12-8-10(18(14,16)17)6-7-13(12)15/h2-8H,1H3. The van der Waals surface area contributed by atoms with Crippen LogP contribution in [-0.4, -0.2) is 8.42 Å². The third kappa shape index (κ3) is 2.54. The van der Waals surface area contributed by atoms with Crippen LogP contribution in [0.1, 0.15) is 5.56 Å². The third-order valence-electron chi connectivity index (χ3n) is 2.65. The summed E-state index contributed by atoms with van der Waals surface area (Å²) in [7, 11) is 1.40. The zero-order valence-electron chi connectivity index (χ0n) is 9.52. The van der Waals surface area contributed by atoms with Crippen LogP contribution in [-0.2, 0) is 9.05 Å². The first-order valence-corrected chi connectivity index (χ1v) is 7.51. The van der Waals surface area contributed by atoms with E-state index in [1.807, 2.05) is 19.1 Å². The fraction of sp³-hybridized carbons (Fsp3) is 0.0769. The number of benzene rings is 2. The van der Waals surface area contributed by atoms with E-state index in [-0.39, 0.29) is 10.5 Å². The number of halogens is 2. The molecule has 2 nitrogen and oxygen atoms in total. The zero-order valence-corrected chi connectivity index (χ0v) is 11.1. The number of hydrogen-bond donors (Lipinski definition) is 0.